The monoisotopic (exact) mass is 409 g/mol. The Labute approximate surface area is 173 Å². The predicted molar refractivity (Wildman–Crippen MR) is 111 cm³/mol. The molecule has 3 N–H and O–H groups in total. The van der Waals surface area contributed by atoms with Gasteiger partial charge in [-0.05, 0) is 24.6 Å². The van der Waals surface area contributed by atoms with E-state index in [0.717, 1.165) is 35.4 Å². The summed E-state index contributed by atoms with van der Waals surface area (Å²) in [4.78, 5) is 30.9. The minimum atomic E-state index is -0.533. The maximum Gasteiger partial charge on any atom is 0.333 e. The molecule has 0 spiro atoms. The molecule has 0 aliphatic carbocycles. The van der Waals surface area contributed by atoms with Gasteiger partial charge in [0.05, 0.1) is 13.2 Å². The third kappa shape index (κ3) is 4.36. The fourth-order valence-electron chi connectivity index (χ4n) is 3.29. The molecule has 0 saturated carbocycles. The minimum absolute atomic E-state index is 0.166. The van der Waals surface area contributed by atoms with E-state index in [-0.39, 0.29) is 12.3 Å². The van der Waals surface area contributed by atoms with Gasteiger partial charge in [-0.3, -0.25) is 10.2 Å². The highest BCUT2D eigenvalue weighted by atomic mass is 16.5. The number of rotatable bonds is 4. The number of aryl methyl sites for hydroxylation is 1. The Morgan fingerprint density at radius 2 is 1.90 bits per heavy atom. The molecule has 3 heterocycles. The maximum absolute atomic E-state index is 12.3. The third-order valence-corrected chi connectivity index (χ3v) is 4.94. The van der Waals surface area contributed by atoms with Crippen molar-refractivity contribution in [3.63, 3.8) is 0 Å². The normalized spacial score (nSPS) is 13.8. The van der Waals surface area contributed by atoms with Gasteiger partial charge in [-0.15, -0.1) is 0 Å². The maximum atomic E-state index is 12.3. The van der Waals surface area contributed by atoms with Crippen molar-refractivity contribution < 1.29 is 18.7 Å². The highest BCUT2D eigenvalue weighted by Gasteiger charge is 2.18. The number of benzene rings is 1. The van der Waals surface area contributed by atoms with Gasteiger partial charge in [-0.2, -0.15) is 0 Å². The van der Waals surface area contributed by atoms with Crippen molar-refractivity contribution in [2.75, 3.05) is 31.2 Å². The lowest BCUT2D eigenvalue weighted by molar-refractivity contribution is 0.0909. The molecule has 9 nitrogen and oxygen atoms in total. The standard InChI is InChI=1S/C21H23N5O4/c1-14-16-4-2-3-5-17(16)30-19(14)20(27)24-25-21(28)23-13-15-6-7-18(22-12-15)26-8-10-29-11-9-26/h2-7,12H,8-11,13H2,1H3,(H,24,27)(H2,23,25,28). The molecule has 2 aromatic heterocycles. The van der Waals surface area contributed by atoms with Crippen LogP contribution in [0.15, 0.2) is 47.0 Å². The number of fused-ring (bicyclic) bond motifs is 1. The number of pyridine rings is 1. The number of para-hydroxylation sites is 1. The number of nitrogens with one attached hydrogen (secondary N) is 3. The van der Waals surface area contributed by atoms with Crippen LogP contribution in [0.4, 0.5) is 10.6 Å². The minimum Gasteiger partial charge on any atom is -0.451 e. The molecule has 156 valence electrons. The van der Waals surface area contributed by atoms with Crippen LogP contribution in [0.3, 0.4) is 0 Å². The Bertz CT molecular complexity index is 1040. The van der Waals surface area contributed by atoms with Crippen LogP contribution in [0.5, 0.6) is 0 Å². The number of hydrazine groups is 1. The summed E-state index contributed by atoms with van der Waals surface area (Å²) in [6.45, 7) is 5.11. The summed E-state index contributed by atoms with van der Waals surface area (Å²) in [7, 11) is 0. The molecular weight excluding hydrogens is 386 g/mol. The van der Waals surface area contributed by atoms with Crippen LogP contribution in [0.25, 0.3) is 11.0 Å². The van der Waals surface area contributed by atoms with Crippen LogP contribution in [0.2, 0.25) is 0 Å². The van der Waals surface area contributed by atoms with Crippen molar-refractivity contribution in [2.45, 2.75) is 13.5 Å². The first-order valence-corrected chi connectivity index (χ1v) is 9.72. The second-order valence-corrected chi connectivity index (χ2v) is 6.94. The summed E-state index contributed by atoms with van der Waals surface area (Å²) in [6.07, 6.45) is 1.72. The van der Waals surface area contributed by atoms with E-state index in [2.05, 4.69) is 26.1 Å². The average Bonchev–Trinajstić information content (AvgIpc) is 3.14. The lowest BCUT2D eigenvalue weighted by Crippen LogP contribution is -2.46. The number of morpholine rings is 1. The van der Waals surface area contributed by atoms with Crippen molar-refractivity contribution in [3.8, 4) is 0 Å². The van der Waals surface area contributed by atoms with Gasteiger partial charge in [0.1, 0.15) is 11.4 Å². The SMILES string of the molecule is Cc1c(C(=O)NNC(=O)NCc2ccc(N3CCOCC3)nc2)oc2ccccc12. The molecule has 4 rings (SSSR count). The first-order valence-electron chi connectivity index (χ1n) is 9.72. The van der Waals surface area contributed by atoms with E-state index >= 15 is 0 Å². The van der Waals surface area contributed by atoms with Crippen LogP contribution < -0.4 is 21.1 Å². The predicted octanol–water partition coefficient (Wildman–Crippen LogP) is 2.12. The van der Waals surface area contributed by atoms with E-state index in [1.54, 1.807) is 19.2 Å². The zero-order chi connectivity index (χ0) is 20.9. The third-order valence-electron chi connectivity index (χ3n) is 4.94. The molecule has 3 amide bonds. The van der Waals surface area contributed by atoms with Crippen LogP contribution in [0.1, 0.15) is 21.7 Å². The number of anilines is 1. The van der Waals surface area contributed by atoms with Crippen LogP contribution in [0, 0.1) is 6.92 Å². The van der Waals surface area contributed by atoms with Gasteiger partial charge in [0.15, 0.2) is 5.76 Å². The molecule has 9 heteroatoms. The summed E-state index contributed by atoms with van der Waals surface area (Å²) >= 11 is 0. The molecule has 30 heavy (non-hydrogen) atoms. The Morgan fingerprint density at radius 3 is 2.63 bits per heavy atom. The number of nitrogens with zero attached hydrogens (tertiary/aromatic N) is 2. The number of urea groups is 1. The molecule has 1 fully saturated rings. The first kappa shape index (κ1) is 19.7. The lowest BCUT2D eigenvalue weighted by atomic mass is 10.1. The van der Waals surface area contributed by atoms with E-state index in [0.29, 0.717) is 18.8 Å². The van der Waals surface area contributed by atoms with Crippen LogP contribution in [-0.4, -0.2) is 43.2 Å². The molecule has 0 atom stereocenters. The van der Waals surface area contributed by atoms with Gasteiger partial charge in [-0.25, -0.2) is 15.2 Å². The van der Waals surface area contributed by atoms with E-state index in [1.807, 2.05) is 30.3 Å². The quantitative estimate of drug-likeness (QED) is 0.570. The number of carbonyl (C=O) groups excluding carboxylic acids is 2. The molecule has 1 aliphatic heterocycles. The number of furan rings is 1. The number of amides is 3. The fourth-order valence-corrected chi connectivity index (χ4v) is 3.29. The van der Waals surface area contributed by atoms with Crippen molar-refractivity contribution in [3.05, 3.63) is 59.5 Å². The topological polar surface area (TPSA) is 109 Å². The molecule has 3 aromatic rings. The summed E-state index contributed by atoms with van der Waals surface area (Å²) in [5, 5.41) is 3.54. The average molecular weight is 409 g/mol. The van der Waals surface area contributed by atoms with Gasteiger partial charge in [0.2, 0.25) is 0 Å². The van der Waals surface area contributed by atoms with Crippen LogP contribution >= 0.6 is 0 Å². The Morgan fingerprint density at radius 1 is 1.10 bits per heavy atom. The second-order valence-electron chi connectivity index (χ2n) is 6.94. The van der Waals surface area contributed by atoms with Gasteiger partial charge >= 0.3 is 11.9 Å². The van der Waals surface area contributed by atoms with Gasteiger partial charge in [0.25, 0.3) is 0 Å². The first-order chi connectivity index (χ1) is 14.6. The molecular formula is C21H23N5O4. The van der Waals surface area contributed by atoms with E-state index < -0.39 is 11.9 Å². The molecule has 1 aromatic carbocycles. The van der Waals surface area contributed by atoms with Gasteiger partial charge < -0.3 is 19.4 Å². The van der Waals surface area contributed by atoms with Crippen molar-refractivity contribution in [1.29, 1.82) is 0 Å². The molecule has 1 saturated heterocycles. The van der Waals surface area contributed by atoms with Crippen molar-refractivity contribution >= 4 is 28.7 Å². The van der Waals surface area contributed by atoms with Gasteiger partial charge in [-0.1, -0.05) is 24.3 Å². The number of hydrogen-bond acceptors (Lipinski definition) is 6. The Kier molecular flexibility index (Phi) is 5.80. The largest absolute Gasteiger partial charge is 0.451 e. The van der Waals surface area contributed by atoms with E-state index in [9.17, 15) is 9.59 Å². The van der Waals surface area contributed by atoms with Crippen molar-refractivity contribution in [1.82, 2.24) is 21.2 Å². The Balaban J connectivity index is 1.26. The summed E-state index contributed by atoms with van der Waals surface area (Å²) in [5.74, 6) is 0.537. The molecule has 0 bridgehead atoms. The number of carbonyl (C=O) groups is 2. The summed E-state index contributed by atoms with van der Waals surface area (Å²) in [6, 6.07) is 10.7. The van der Waals surface area contributed by atoms with Gasteiger partial charge in [0, 0.05) is 36.8 Å². The number of aromatic nitrogens is 1. The van der Waals surface area contributed by atoms with E-state index in [4.69, 9.17) is 9.15 Å². The second kappa shape index (κ2) is 8.83. The Hall–Kier alpha value is -3.59. The highest BCUT2D eigenvalue weighted by molar-refractivity contribution is 5.99. The van der Waals surface area contributed by atoms with Crippen LogP contribution in [-0.2, 0) is 11.3 Å². The van der Waals surface area contributed by atoms with E-state index in [1.165, 1.54) is 0 Å². The molecule has 0 unspecified atom stereocenters. The lowest BCUT2D eigenvalue weighted by Gasteiger charge is -2.27. The zero-order valence-corrected chi connectivity index (χ0v) is 16.6. The molecule has 0 radical (unpaired) electrons. The smallest absolute Gasteiger partial charge is 0.333 e. The summed E-state index contributed by atoms with van der Waals surface area (Å²) < 4.78 is 10.9. The summed E-state index contributed by atoms with van der Waals surface area (Å²) in [5.41, 5.74) is 6.88. The van der Waals surface area contributed by atoms with Crippen molar-refractivity contribution in [2.24, 2.45) is 0 Å². The zero-order valence-electron chi connectivity index (χ0n) is 16.6. The highest BCUT2D eigenvalue weighted by Crippen LogP contribution is 2.24. The number of hydrogen-bond donors (Lipinski definition) is 3. The number of ether oxygens (including phenoxy) is 1. The fraction of sp³-hybridized carbons (Fsp3) is 0.286. The molecule has 1 aliphatic rings.